The summed E-state index contributed by atoms with van der Waals surface area (Å²) >= 11 is 0. The summed E-state index contributed by atoms with van der Waals surface area (Å²) in [5.74, 6) is 0.965. The highest BCUT2D eigenvalue weighted by Gasteiger charge is 2.20. The van der Waals surface area contributed by atoms with Gasteiger partial charge in [0, 0.05) is 6.54 Å². The Balaban J connectivity index is 2.27. The van der Waals surface area contributed by atoms with Crippen LogP contribution in [0.5, 0.6) is 0 Å². The van der Waals surface area contributed by atoms with Crippen LogP contribution in [0.1, 0.15) is 65.2 Å². The van der Waals surface area contributed by atoms with Gasteiger partial charge in [-0.15, -0.1) is 0 Å². The largest absolute Gasteiger partial charge is 0.354 e. The van der Waals surface area contributed by atoms with E-state index in [0.717, 1.165) is 13.0 Å². The Morgan fingerprint density at radius 3 is 2.33 bits per heavy atom. The van der Waals surface area contributed by atoms with Crippen LogP contribution in [0.3, 0.4) is 0 Å². The third-order valence-electron chi connectivity index (χ3n) is 4.35. The lowest BCUT2D eigenvalue weighted by atomic mass is 9.91. The third kappa shape index (κ3) is 5.38. The average Bonchev–Trinajstić information content (AvgIpc) is 2.35. The molecule has 106 valence electrons. The van der Waals surface area contributed by atoms with Crippen molar-refractivity contribution in [3.63, 3.8) is 0 Å². The first kappa shape index (κ1) is 15.5. The van der Waals surface area contributed by atoms with Gasteiger partial charge in [0.25, 0.3) is 0 Å². The van der Waals surface area contributed by atoms with E-state index in [1.165, 1.54) is 44.9 Å². The average molecular weight is 254 g/mol. The van der Waals surface area contributed by atoms with Gasteiger partial charge in [-0.05, 0) is 24.7 Å². The molecule has 0 saturated heterocycles. The lowest BCUT2D eigenvalue weighted by Crippen LogP contribution is -2.45. The molecule has 0 bridgehead atoms. The summed E-state index contributed by atoms with van der Waals surface area (Å²) in [6.07, 6.45) is 10.2. The van der Waals surface area contributed by atoms with Crippen LogP contribution in [0.25, 0.3) is 0 Å². The first-order valence-electron chi connectivity index (χ1n) is 7.68. The van der Waals surface area contributed by atoms with E-state index in [1.807, 2.05) is 6.92 Å². The number of nitrogens with two attached hydrogens (primary N) is 1. The van der Waals surface area contributed by atoms with Crippen molar-refractivity contribution in [1.29, 1.82) is 0 Å². The zero-order valence-electron chi connectivity index (χ0n) is 12.1. The number of amides is 1. The Morgan fingerprint density at radius 1 is 1.22 bits per heavy atom. The molecule has 0 aliphatic heterocycles. The van der Waals surface area contributed by atoms with E-state index in [0.29, 0.717) is 5.92 Å². The van der Waals surface area contributed by atoms with Crippen LogP contribution < -0.4 is 11.1 Å². The van der Waals surface area contributed by atoms with E-state index in [4.69, 9.17) is 5.73 Å². The topological polar surface area (TPSA) is 55.1 Å². The predicted octanol–water partition coefficient (Wildman–Crippen LogP) is 2.84. The zero-order valence-corrected chi connectivity index (χ0v) is 12.1. The maximum absolute atomic E-state index is 11.9. The van der Waals surface area contributed by atoms with Gasteiger partial charge in [-0.25, -0.2) is 0 Å². The minimum Gasteiger partial charge on any atom is -0.354 e. The first-order chi connectivity index (χ1) is 8.65. The van der Waals surface area contributed by atoms with Crippen LogP contribution in [0, 0.1) is 11.8 Å². The fraction of sp³-hybridized carbons (Fsp3) is 0.933. The Morgan fingerprint density at radius 2 is 1.78 bits per heavy atom. The minimum atomic E-state index is -0.344. The van der Waals surface area contributed by atoms with Gasteiger partial charge in [-0.1, -0.05) is 52.4 Å². The molecular weight excluding hydrogens is 224 g/mol. The molecule has 2 atom stereocenters. The number of carbonyl (C=O) groups is 1. The quantitative estimate of drug-likeness (QED) is 0.792. The molecule has 1 aliphatic carbocycles. The fourth-order valence-electron chi connectivity index (χ4n) is 2.62. The lowest BCUT2D eigenvalue weighted by molar-refractivity contribution is -0.123. The van der Waals surface area contributed by atoms with Crippen LogP contribution in [0.15, 0.2) is 0 Å². The molecule has 0 spiro atoms. The van der Waals surface area contributed by atoms with Crippen molar-refractivity contribution in [3.8, 4) is 0 Å². The highest BCUT2D eigenvalue weighted by Crippen LogP contribution is 2.21. The fourth-order valence-corrected chi connectivity index (χ4v) is 2.62. The molecule has 0 aromatic rings. The summed E-state index contributed by atoms with van der Waals surface area (Å²) in [5.41, 5.74) is 5.93. The van der Waals surface area contributed by atoms with Crippen molar-refractivity contribution in [1.82, 2.24) is 5.32 Å². The molecule has 0 radical (unpaired) electrons. The summed E-state index contributed by atoms with van der Waals surface area (Å²) in [7, 11) is 0. The summed E-state index contributed by atoms with van der Waals surface area (Å²) in [6, 6.07) is -0.344. The highest BCUT2D eigenvalue weighted by atomic mass is 16.2. The van der Waals surface area contributed by atoms with Crippen molar-refractivity contribution in [2.24, 2.45) is 17.6 Å². The Hall–Kier alpha value is -0.570. The summed E-state index contributed by atoms with van der Waals surface area (Å²) < 4.78 is 0. The molecule has 1 amide bonds. The molecule has 1 rings (SSSR count). The van der Waals surface area contributed by atoms with Gasteiger partial charge in [0.15, 0.2) is 0 Å². The molecule has 18 heavy (non-hydrogen) atoms. The summed E-state index contributed by atoms with van der Waals surface area (Å²) in [6.45, 7) is 4.94. The van der Waals surface area contributed by atoms with Crippen molar-refractivity contribution in [3.05, 3.63) is 0 Å². The van der Waals surface area contributed by atoms with Gasteiger partial charge in [-0.3, -0.25) is 4.79 Å². The van der Waals surface area contributed by atoms with Crippen LogP contribution in [0.2, 0.25) is 0 Å². The smallest absolute Gasteiger partial charge is 0.237 e. The van der Waals surface area contributed by atoms with Crippen LogP contribution >= 0.6 is 0 Å². The van der Waals surface area contributed by atoms with E-state index in [2.05, 4.69) is 12.2 Å². The number of nitrogens with one attached hydrogen (secondary N) is 1. The molecule has 1 saturated carbocycles. The SMILES string of the molecule is CCC(C)C(N)C(=O)NCC1CCCCCCC1. The maximum Gasteiger partial charge on any atom is 0.237 e. The van der Waals surface area contributed by atoms with Gasteiger partial charge < -0.3 is 11.1 Å². The Labute approximate surface area is 112 Å². The van der Waals surface area contributed by atoms with Crippen molar-refractivity contribution >= 4 is 5.91 Å². The van der Waals surface area contributed by atoms with E-state index < -0.39 is 0 Å². The maximum atomic E-state index is 11.9. The van der Waals surface area contributed by atoms with E-state index in [9.17, 15) is 4.79 Å². The second-order valence-corrected chi connectivity index (χ2v) is 5.87. The molecule has 1 fully saturated rings. The van der Waals surface area contributed by atoms with Crippen LogP contribution in [0.4, 0.5) is 0 Å². The van der Waals surface area contributed by atoms with Gasteiger partial charge in [0.2, 0.25) is 5.91 Å². The molecule has 0 aromatic heterocycles. The number of hydrogen-bond acceptors (Lipinski definition) is 2. The molecule has 0 heterocycles. The van der Waals surface area contributed by atoms with Gasteiger partial charge >= 0.3 is 0 Å². The van der Waals surface area contributed by atoms with Crippen LogP contribution in [-0.2, 0) is 4.79 Å². The van der Waals surface area contributed by atoms with E-state index >= 15 is 0 Å². The molecule has 1 aliphatic rings. The third-order valence-corrected chi connectivity index (χ3v) is 4.35. The molecule has 2 unspecified atom stereocenters. The Bertz CT molecular complexity index is 235. The van der Waals surface area contributed by atoms with E-state index in [-0.39, 0.29) is 17.9 Å². The number of hydrogen-bond donors (Lipinski definition) is 2. The second kappa shape index (κ2) is 8.52. The molecule has 0 aromatic carbocycles. The highest BCUT2D eigenvalue weighted by molar-refractivity contribution is 5.81. The molecular formula is C15H30N2O. The lowest BCUT2D eigenvalue weighted by Gasteiger charge is -2.22. The zero-order chi connectivity index (χ0) is 13.4. The van der Waals surface area contributed by atoms with Gasteiger partial charge in [-0.2, -0.15) is 0 Å². The van der Waals surface area contributed by atoms with Crippen LogP contribution in [-0.4, -0.2) is 18.5 Å². The monoisotopic (exact) mass is 254 g/mol. The van der Waals surface area contributed by atoms with Gasteiger partial charge in [0.05, 0.1) is 6.04 Å². The number of rotatable bonds is 5. The van der Waals surface area contributed by atoms with Crippen molar-refractivity contribution < 1.29 is 4.79 Å². The minimum absolute atomic E-state index is 0.0337. The van der Waals surface area contributed by atoms with Crippen molar-refractivity contribution in [2.45, 2.75) is 71.3 Å². The Kier molecular flexibility index (Phi) is 7.33. The first-order valence-corrected chi connectivity index (χ1v) is 7.68. The summed E-state index contributed by atoms with van der Waals surface area (Å²) in [4.78, 5) is 11.9. The standard InChI is InChI=1S/C15H30N2O/c1-3-12(2)14(16)15(18)17-11-13-9-7-5-4-6-8-10-13/h12-14H,3-11,16H2,1-2H3,(H,17,18). The molecule has 3 N–H and O–H groups in total. The normalized spacial score (nSPS) is 21.7. The van der Waals surface area contributed by atoms with Crippen molar-refractivity contribution in [2.75, 3.05) is 6.54 Å². The van der Waals surface area contributed by atoms with E-state index in [1.54, 1.807) is 0 Å². The number of carbonyl (C=O) groups excluding carboxylic acids is 1. The predicted molar refractivity (Wildman–Crippen MR) is 76.2 cm³/mol. The summed E-state index contributed by atoms with van der Waals surface area (Å²) in [5, 5.41) is 3.05. The molecule has 3 heteroatoms. The van der Waals surface area contributed by atoms with Gasteiger partial charge in [0.1, 0.15) is 0 Å². The second-order valence-electron chi connectivity index (χ2n) is 5.87. The molecule has 3 nitrogen and oxygen atoms in total.